The smallest absolute Gasteiger partial charge is 0.149 e. The fraction of sp³-hybridized carbons (Fsp3) is 0.143. The first kappa shape index (κ1) is 7.78. The predicted molar refractivity (Wildman–Crippen MR) is 54.9 cm³/mol. The van der Waals surface area contributed by atoms with E-state index in [9.17, 15) is 0 Å². The standard InChI is InChI=1S/C7H7IN4/c1-4-2-5-7(9)10-3-6(8)12(5)11-4/h2-3H,1H3,(H2,9,10). The lowest BCUT2D eigenvalue weighted by molar-refractivity contribution is 0.898. The number of hydrogen-bond acceptors (Lipinski definition) is 3. The van der Waals surface area contributed by atoms with E-state index in [2.05, 4.69) is 32.7 Å². The minimum absolute atomic E-state index is 0.524. The highest BCUT2D eigenvalue weighted by Gasteiger charge is 2.04. The van der Waals surface area contributed by atoms with Crippen LogP contribution in [0.5, 0.6) is 0 Å². The highest BCUT2D eigenvalue weighted by molar-refractivity contribution is 14.1. The van der Waals surface area contributed by atoms with Gasteiger partial charge in [0.2, 0.25) is 0 Å². The van der Waals surface area contributed by atoms with E-state index < -0.39 is 0 Å². The zero-order valence-electron chi connectivity index (χ0n) is 6.45. The van der Waals surface area contributed by atoms with E-state index in [1.807, 2.05) is 13.0 Å². The van der Waals surface area contributed by atoms with Gasteiger partial charge >= 0.3 is 0 Å². The average molecular weight is 274 g/mol. The zero-order chi connectivity index (χ0) is 8.72. The molecule has 2 N–H and O–H groups in total. The maximum atomic E-state index is 5.66. The molecule has 4 nitrogen and oxygen atoms in total. The van der Waals surface area contributed by atoms with E-state index in [1.165, 1.54) is 0 Å². The lowest BCUT2D eigenvalue weighted by Gasteiger charge is -1.97. The molecule has 12 heavy (non-hydrogen) atoms. The molecule has 0 bridgehead atoms. The lowest BCUT2D eigenvalue weighted by Crippen LogP contribution is -1.99. The molecule has 2 rings (SSSR count). The molecule has 0 aliphatic rings. The molecule has 0 fully saturated rings. The quantitative estimate of drug-likeness (QED) is 0.735. The SMILES string of the molecule is Cc1cc2c(N)ncc(I)n2n1. The number of nitrogen functional groups attached to an aromatic ring is 1. The van der Waals surface area contributed by atoms with Gasteiger partial charge in [0.25, 0.3) is 0 Å². The normalized spacial score (nSPS) is 10.8. The first-order chi connectivity index (χ1) is 5.68. The Balaban J connectivity index is 2.93. The second-order valence-electron chi connectivity index (χ2n) is 2.55. The molecule has 5 heteroatoms. The van der Waals surface area contributed by atoms with Crippen LogP contribution in [-0.2, 0) is 0 Å². The van der Waals surface area contributed by atoms with Crippen molar-refractivity contribution in [2.75, 3.05) is 5.73 Å². The molecule has 0 radical (unpaired) electrons. The summed E-state index contributed by atoms with van der Waals surface area (Å²) in [7, 11) is 0. The van der Waals surface area contributed by atoms with Crippen molar-refractivity contribution in [2.24, 2.45) is 0 Å². The van der Waals surface area contributed by atoms with Crippen LogP contribution in [-0.4, -0.2) is 14.6 Å². The van der Waals surface area contributed by atoms with E-state index in [0.717, 1.165) is 14.9 Å². The molecule has 0 saturated heterocycles. The Morgan fingerprint density at radius 2 is 2.33 bits per heavy atom. The van der Waals surface area contributed by atoms with E-state index >= 15 is 0 Å². The second kappa shape index (κ2) is 2.58. The van der Waals surface area contributed by atoms with Crippen LogP contribution < -0.4 is 5.73 Å². The van der Waals surface area contributed by atoms with Crippen LogP contribution in [0.3, 0.4) is 0 Å². The third-order valence-corrected chi connectivity index (χ3v) is 2.34. The number of halogens is 1. The van der Waals surface area contributed by atoms with Crippen LogP contribution in [0.1, 0.15) is 5.69 Å². The molecule has 2 aromatic heterocycles. The van der Waals surface area contributed by atoms with Gasteiger partial charge in [-0.15, -0.1) is 0 Å². The number of aryl methyl sites for hydroxylation is 1. The molecule has 0 saturated carbocycles. The molecule has 0 aliphatic heterocycles. The molecule has 0 aliphatic carbocycles. The Bertz CT molecular complexity index is 395. The lowest BCUT2D eigenvalue weighted by atomic mass is 10.4. The summed E-state index contributed by atoms with van der Waals surface area (Å²) in [4.78, 5) is 4.03. The maximum Gasteiger partial charge on any atom is 0.149 e. The Labute approximate surface area is 82.9 Å². The molecule has 2 aromatic rings. The summed E-state index contributed by atoms with van der Waals surface area (Å²) in [5.74, 6) is 0.524. The third-order valence-electron chi connectivity index (χ3n) is 1.61. The van der Waals surface area contributed by atoms with Gasteiger partial charge in [-0.05, 0) is 35.6 Å². The van der Waals surface area contributed by atoms with Gasteiger partial charge in [-0.25, -0.2) is 9.50 Å². The third kappa shape index (κ3) is 1.04. The van der Waals surface area contributed by atoms with Crippen molar-refractivity contribution in [1.82, 2.24) is 14.6 Å². The van der Waals surface area contributed by atoms with Gasteiger partial charge in [0, 0.05) is 0 Å². The van der Waals surface area contributed by atoms with Gasteiger partial charge < -0.3 is 5.73 Å². The largest absolute Gasteiger partial charge is 0.382 e. The van der Waals surface area contributed by atoms with Gasteiger partial charge in [-0.3, -0.25) is 0 Å². The number of nitrogens with two attached hydrogens (primary N) is 1. The summed E-state index contributed by atoms with van der Waals surface area (Å²) in [5.41, 5.74) is 7.49. The number of fused-ring (bicyclic) bond motifs is 1. The molecule has 62 valence electrons. The monoisotopic (exact) mass is 274 g/mol. The molecule has 0 spiro atoms. The van der Waals surface area contributed by atoms with Crippen molar-refractivity contribution < 1.29 is 0 Å². The Hall–Kier alpha value is -0.850. The van der Waals surface area contributed by atoms with Gasteiger partial charge in [-0.1, -0.05) is 0 Å². The highest BCUT2D eigenvalue weighted by atomic mass is 127. The zero-order valence-corrected chi connectivity index (χ0v) is 8.61. The van der Waals surface area contributed by atoms with E-state index in [0.29, 0.717) is 5.82 Å². The number of hydrogen-bond donors (Lipinski definition) is 1. The number of nitrogens with zero attached hydrogens (tertiary/aromatic N) is 3. The van der Waals surface area contributed by atoms with Crippen LogP contribution in [0.2, 0.25) is 0 Å². The summed E-state index contributed by atoms with van der Waals surface area (Å²) >= 11 is 2.17. The molecule has 2 heterocycles. The van der Waals surface area contributed by atoms with Crippen LogP contribution in [0.15, 0.2) is 12.3 Å². The Kier molecular flexibility index (Phi) is 1.67. The number of rotatable bonds is 0. The topological polar surface area (TPSA) is 56.2 Å². The van der Waals surface area contributed by atoms with E-state index in [1.54, 1.807) is 10.7 Å². The molecular formula is C7H7IN4. The van der Waals surface area contributed by atoms with Crippen molar-refractivity contribution >= 4 is 33.9 Å². The summed E-state index contributed by atoms with van der Waals surface area (Å²) in [6.45, 7) is 1.93. The van der Waals surface area contributed by atoms with Crippen molar-refractivity contribution in [2.45, 2.75) is 6.92 Å². The van der Waals surface area contributed by atoms with Crippen molar-refractivity contribution in [3.63, 3.8) is 0 Å². The number of anilines is 1. The summed E-state index contributed by atoms with van der Waals surface area (Å²) in [5, 5.41) is 4.26. The molecule has 0 amide bonds. The summed E-state index contributed by atoms with van der Waals surface area (Å²) in [6, 6.07) is 1.92. The average Bonchev–Trinajstić information content (AvgIpc) is 2.41. The minimum Gasteiger partial charge on any atom is -0.382 e. The summed E-state index contributed by atoms with van der Waals surface area (Å²) in [6.07, 6.45) is 1.70. The van der Waals surface area contributed by atoms with Gasteiger partial charge in [0.05, 0.1) is 11.9 Å². The summed E-state index contributed by atoms with van der Waals surface area (Å²) < 4.78 is 2.75. The molecule has 0 unspecified atom stereocenters. The van der Waals surface area contributed by atoms with Crippen molar-refractivity contribution in [1.29, 1.82) is 0 Å². The van der Waals surface area contributed by atoms with E-state index in [-0.39, 0.29) is 0 Å². The van der Waals surface area contributed by atoms with Gasteiger partial charge in [-0.2, -0.15) is 5.10 Å². The van der Waals surface area contributed by atoms with Crippen LogP contribution in [0.4, 0.5) is 5.82 Å². The van der Waals surface area contributed by atoms with Crippen molar-refractivity contribution in [3.05, 3.63) is 21.7 Å². The number of aromatic nitrogens is 3. The highest BCUT2D eigenvalue weighted by Crippen LogP contribution is 2.14. The van der Waals surface area contributed by atoms with Gasteiger partial charge in [0.1, 0.15) is 15.0 Å². The van der Waals surface area contributed by atoms with Gasteiger partial charge in [0.15, 0.2) is 0 Å². The molecule has 0 aromatic carbocycles. The fourth-order valence-corrected chi connectivity index (χ4v) is 1.60. The van der Waals surface area contributed by atoms with Crippen LogP contribution >= 0.6 is 22.6 Å². The maximum absolute atomic E-state index is 5.66. The Morgan fingerprint density at radius 3 is 3.00 bits per heavy atom. The molecular weight excluding hydrogens is 267 g/mol. The van der Waals surface area contributed by atoms with Crippen LogP contribution in [0.25, 0.3) is 5.52 Å². The second-order valence-corrected chi connectivity index (χ2v) is 3.65. The first-order valence-electron chi connectivity index (χ1n) is 3.45. The molecule has 0 atom stereocenters. The Morgan fingerprint density at radius 1 is 1.58 bits per heavy atom. The first-order valence-corrected chi connectivity index (χ1v) is 4.53. The predicted octanol–water partition coefficient (Wildman–Crippen LogP) is 1.22. The van der Waals surface area contributed by atoms with Crippen LogP contribution in [0, 0.1) is 10.6 Å². The fourth-order valence-electron chi connectivity index (χ4n) is 1.09. The van der Waals surface area contributed by atoms with E-state index in [4.69, 9.17) is 5.73 Å². The minimum atomic E-state index is 0.524. The van der Waals surface area contributed by atoms with Crippen molar-refractivity contribution in [3.8, 4) is 0 Å².